The van der Waals surface area contributed by atoms with Crippen LogP contribution in [0.4, 0.5) is 0 Å². The van der Waals surface area contributed by atoms with E-state index in [1.165, 1.54) is 0 Å². The normalized spacial score (nSPS) is 11.9. The third-order valence-corrected chi connectivity index (χ3v) is 5.28. The van der Waals surface area contributed by atoms with E-state index in [2.05, 4.69) is 11.2 Å². The minimum Gasteiger partial charge on any atom is -0.496 e. The van der Waals surface area contributed by atoms with Gasteiger partial charge in [-0.2, -0.15) is 16.4 Å². The van der Waals surface area contributed by atoms with Crippen molar-refractivity contribution in [1.29, 1.82) is 0 Å². The average Bonchev–Trinajstić information content (AvgIpc) is 3.35. The lowest BCUT2D eigenvalue weighted by Gasteiger charge is -2.21. The Balaban J connectivity index is 1.98. The van der Waals surface area contributed by atoms with E-state index >= 15 is 0 Å². The van der Waals surface area contributed by atoms with Gasteiger partial charge < -0.3 is 14.2 Å². The van der Waals surface area contributed by atoms with E-state index in [0.29, 0.717) is 11.4 Å². The lowest BCUT2D eigenvalue weighted by atomic mass is 9.98. The van der Waals surface area contributed by atoms with Crippen LogP contribution in [0.5, 0.6) is 11.5 Å². The molecule has 6 nitrogen and oxygen atoms in total. The quantitative estimate of drug-likeness (QED) is 0.548. The maximum Gasteiger partial charge on any atom is 0.359 e. The zero-order valence-electron chi connectivity index (χ0n) is 16.8. The van der Waals surface area contributed by atoms with Crippen molar-refractivity contribution in [1.82, 2.24) is 9.78 Å². The van der Waals surface area contributed by atoms with Crippen LogP contribution < -0.4 is 9.47 Å². The number of methoxy groups -OCH3 is 1. The molecule has 1 aliphatic heterocycles. The highest BCUT2D eigenvalue weighted by molar-refractivity contribution is 7.08. The molecule has 3 aromatic rings. The number of nitrogens with zero attached hydrogens (tertiary/aromatic N) is 2. The molecule has 0 amide bonds. The van der Waals surface area contributed by atoms with E-state index < -0.39 is 5.97 Å². The fourth-order valence-electron chi connectivity index (χ4n) is 3.42. The van der Waals surface area contributed by atoms with Crippen LogP contribution >= 0.6 is 11.3 Å². The number of benzene rings is 1. The fourth-order valence-corrected chi connectivity index (χ4v) is 4.04. The minimum atomic E-state index is -0.442. The molecule has 0 fully saturated rings. The molecular weight excluding hydrogens is 388 g/mol. The molecular formula is C22H22N2O4S. The number of thiophene rings is 1. The summed E-state index contributed by atoms with van der Waals surface area (Å²) in [5.74, 6) is 0.996. The number of esters is 1. The molecule has 0 saturated heterocycles. The van der Waals surface area contributed by atoms with Crippen LogP contribution in [0.15, 0.2) is 34.5 Å². The van der Waals surface area contributed by atoms with Crippen molar-refractivity contribution >= 4 is 23.4 Å². The molecule has 1 aliphatic rings. The Morgan fingerprint density at radius 1 is 1.38 bits per heavy atom. The standard InChI is InChI=1S/C22H22N2O4S/c1-5-27-22(25)20-17-11-28-19-10-18(26-4)14(8-13(2)3)9-16(19)21(17)24(23-20)15-6-7-29-12-15/h6-10,12H,5,11H2,1-4H3. The van der Waals surface area contributed by atoms with Crippen LogP contribution in [-0.4, -0.2) is 29.5 Å². The van der Waals surface area contributed by atoms with E-state index in [1.807, 2.05) is 42.8 Å². The second-order valence-electron chi connectivity index (χ2n) is 6.89. The summed E-state index contributed by atoms with van der Waals surface area (Å²) >= 11 is 1.57. The Kier molecular flexibility index (Phi) is 5.15. The van der Waals surface area contributed by atoms with Gasteiger partial charge in [-0.15, -0.1) is 0 Å². The Labute approximate surface area is 173 Å². The molecule has 0 saturated carbocycles. The van der Waals surface area contributed by atoms with Gasteiger partial charge in [0.2, 0.25) is 0 Å². The number of hydrogen-bond donors (Lipinski definition) is 0. The monoisotopic (exact) mass is 410 g/mol. The molecule has 0 N–H and O–H groups in total. The van der Waals surface area contributed by atoms with Crippen molar-refractivity contribution in [3.63, 3.8) is 0 Å². The molecule has 0 unspecified atom stereocenters. The lowest BCUT2D eigenvalue weighted by molar-refractivity contribution is 0.0516. The van der Waals surface area contributed by atoms with Crippen molar-refractivity contribution in [2.75, 3.05) is 13.7 Å². The highest BCUT2D eigenvalue weighted by atomic mass is 32.1. The van der Waals surface area contributed by atoms with Crippen molar-refractivity contribution in [2.45, 2.75) is 27.4 Å². The Morgan fingerprint density at radius 2 is 2.21 bits per heavy atom. The van der Waals surface area contributed by atoms with Crippen molar-refractivity contribution in [3.05, 3.63) is 51.4 Å². The van der Waals surface area contributed by atoms with Crippen molar-refractivity contribution < 1.29 is 19.0 Å². The van der Waals surface area contributed by atoms with E-state index in [0.717, 1.165) is 39.4 Å². The minimum absolute atomic E-state index is 0.242. The largest absolute Gasteiger partial charge is 0.496 e. The highest BCUT2D eigenvalue weighted by Crippen LogP contribution is 2.44. The summed E-state index contributed by atoms with van der Waals surface area (Å²) < 4.78 is 18.6. The predicted octanol–water partition coefficient (Wildman–Crippen LogP) is 5.10. The molecule has 4 rings (SSSR count). The van der Waals surface area contributed by atoms with Gasteiger partial charge in [0.1, 0.15) is 18.1 Å². The zero-order chi connectivity index (χ0) is 20.5. The van der Waals surface area contributed by atoms with Crippen molar-refractivity contribution in [2.24, 2.45) is 0 Å². The van der Waals surface area contributed by atoms with E-state index in [9.17, 15) is 4.79 Å². The van der Waals surface area contributed by atoms with Crippen LogP contribution in [-0.2, 0) is 11.3 Å². The van der Waals surface area contributed by atoms with Gasteiger partial charge in [0.25, 0.3) is 0 Å². The Bertz CT molecular complexity index is 1090. The fraction of sp³-hybridized carbons (Fsp3) is 0.273. The molecule has 0 radical (unpaired) electrons. The third kappa shape index (κ3) is 3.42. The maximum atomic E-state index is 12.5. The second kappa shape index (κ2) is 7.75. The summed E-state index contributed by atoms with van der Waals surface area (Å²) in [6.07, 6.45) is 2.06. The summed E-state index contributed by atoms with van der Waals surface area (Å²) in [5.41, 5.74) is 5.73. The average molecular weight is 410 g/mol. The molecule has 7 heteroatoms. The summed E-state index contributed by atoms with van der Waals surface area (Å²) in [6.45, 7) is 6.39. The van der Waals surface area contributed by atoms with Gasteiger partial charge in [0, 0.05) is 22.6 Å². The second-order valence-corrected chi connectivity index (χ2v) is 7.67. The molecule has 1 aromatic carbocycles. The maximum absolute atomic E-state index is 12.5. The van der Waals surface area contributed by atoms with Gasteiger partial charge >= 0.3 is 5.97 Å². The third-order valence-electron chi connectivity index (χ3n) is 4.61. The number of fused-ring (bicyclic) bond motifs is 3. The van der Waals surface area contributed by atoms with Gasteiger partial charge in [-0.1, -0.05) is 11.6 Å². The van der Waals surface area contributed by atoms with Crippen LogP contribution in [0.1, 0.15) is 42.4 Å². The summed E-state index contributed by atoms with van der Waals surface area (Å²) in [5, 5.41) is 8.59. The molecule has 0 bridgehead atoms. The van der Waals surface area contributed by atoms with Gasteiger partial charge in [0.05, 0.1) is 30.7 Å². The first-order valence-electron chi connectivity index (χ1n) is 9.35. The van der Waals surface area contributed by atoms with Gasteiger partial charge in [-0.05, 0) is 38.3 Å². The van der Waals surface area contributed by atoms with E-state index in [1.54, 1.807) is 30.1 Å². The van der Waals surface area contributed by atoms with Crippen LogP contribution in [0.25, 0.3) is 23.0 Å². The van der Waals surface area contributed by atoms with Gasteiger partial charge in [-0.25, -0.2) is 9.48 Å². The summed E-state index contributed by atoms with van der Waals surface area (Å²) in [6, 6.07) is 5.89. The van der Waals surface area contributed by atoms with E-state index in [4.69, 9.17) is 14.2 Å². The molecule has 0 aliphatic carbocycles. The number of allylic oxidation sites excluding steroid dienone is 1. The summed E-state index contributed by atoms with van der Waals surface area (Å²) in [4.78, 5) is 12.5. The van der Waals surface area contributed by atoms with Crippen LogP contribution in [0, 0.1) is 0 Å². The highest BCUT2D eigenvalue weighted by Gasteiger charge is 2.31. The number of carbonyl (C=O) groups excluding carboxylic acids is 1. The van der Waals surface area contributed by atoms with E-state index in [-0.39, 0.29) is 13.2 Å². The first kappa shape index (κ1) is 19.3. The van der Waals surface area contributed by atoms with Crippen molar-refractivity contribution in [3.8, 4) is 28.4 Å². The SMILES string of the molecule is CCOC(=O)c1nn(-c2ccsc2)c2c1COc1cc(OC)c(C=C(C)C)cc1-2. The molecule has 29 heavy (non-hydrogen) atoms. The number of rotatable bonds is 5. The smallest absolute Gasteiger partial charge is 0.359 e. The molecule has 150 valence electrons. The van der Waals surface area contributed by atoms with Crippen LogP contribution in [0.3, 0.4) is 0 Å². The molecule has 3 heterocycles. The molecule has 0 atom stereocenters. The van der Waals surface area contributed by atoms with Gasteiger partial charge in [0.15, 0.2) is 5.69 Å². The number of hydrogen-bond acceptors (Lipinski definition) is 6. The van der Waals surface area contributed by atoms with Crippen LogP contribution in [0.2, 0.25) is 0 Å². The molecule has 2 aromatic heterocycles. The topological polar surface area (TPSA) is 62.6 Å². The molecule has 0 spiro atoms. The predicted molar refractivity (Wildman–Crippen MR) is 113 cm³/mol. The number of carbonyl (C=O) groups is 1. The van der Waals surface area contributed by atoms with Gasteiger partial charge in [-0.3, -0.25) is 0 Å². The zero-order valence-corrected chi connectivity index (χ0v) is 17.6. The Morgan fingerprint density at radius 3 is 2.86 bits per heavy atom. The lowest BCUT2D eigenvalue weighted by Crippen LogP contribution is -2.12. The number of ether oxygens (including phenoxy) is 3. The number of aromatic nitrogens is 2. The first-order valence-corrected chi connectivity index (χ1v) is 10.3. The summed E-state index contributed by atoms with van der Waals surface area (Å²) in [7, 11) is 1.65. The Hall–Kier alpha value is -3.06. The first-order chi connectivity index (χ1) is 14.0.